The molecular weight excluding hydrogens is 594 g/mol. The predicted octanol–water partition coefficient (Wildman–Crippen LogP) is 13.1. The van der Waals surface area contributed by atoms with Crippen molar-refractivity contribution >= 4 is 11.9 Å². The van der Waals surface area contributed by atoms with Crippen molar-refractivity contribution < 1.29 is 19.1 Å². The second kappa shape index (κ2) is 35.7. The third kappa shape index (κ3) is 34.8. The molecule has 0 unspecified atom stereocenters. The van der Waals surface area contributed by atoms with Crippen LogP contribution >= 0.6 is 0 Å². The zero-order chi connectivity index (χ0) is 35.4. The predicted molar refractivity (Wildman–Crippen MR) is 208 cm³/mol. The van der Waals surface area contributed by atoms with E-state index in [1.807, 2.05) is 0 Å². The molecule has 0 heterocycles. The lowest BCUT2D eigenvalue weighted by Crippen LogP contribution is -2.19. The molecule has 5 nitrogen and oxygen atoms in total. The van der Waals surface area contributed by atoms with Crippen molar-refractivity contribution in [2.24, 2.45) is 11.3 Å². The number of ether oxygens (including phenoxy) is 2. The zero-order valence-corrected chi connectivity index (χ0v) is 33.3. The molecule has 0 aromatic heterocycles. The number of carbonyl (C=O) groups excluding carboxylic acids is 2. The first-order chi connectivity index (χ1) is 23.3. The highest BCUT2D eigenvalue weighted by atomic mass is 16.5. The van der Waals surface area contributed by atoms with Crippen LogP contribution in [0.25, 0.3) is 0 Å². The van der Waals surface area contributed by atoms with Crippen LogP contribution in [0, 0.1) is 11.3 Å². The Hall–Kier alpha value is -1.10. The maximum atomic E-state index is 12.4. The van der Waals surface area contributed by atoms with E-state index in [1.165, 1.54) is 148 Å². The molecular formula is C43H85NO4. The SMILES string of the molecule is CCCCCCCCCC(=O)OCCC(C)(C)CCCCNCCCCCCCC(=O)OCC(CCCCCCC)CCCCCCC. The summed E-state index contributed by atoms with van der Waals surface area (Å²) in [4.78, 5) is 24.4. The summed E-state index contributed by atoms with van der Waals surface area (Å²) in [5, 5.41) is 3.61. The number of esters is 2. The summed E-state index contributed by atoms with van der Waals surface area (Å²) < 4.78 is 11.3. The molecule has 0 saturated carbocycles. The zero-order valence-electron chi connectivity index (χ0n) is 33.3. The van der Waals surface area contributed by atoms with Crippen LogP contribution in [0.15, 0.2) is 0 Å². The lowest BCUT2D eigenvalue weighted by molar-refractivity contribution is -0.146. The van der Waals surface area contributed by atoms with Crippen molar-refractivity contribution in [3.8, 4) is 0 Å². The van der Waals surface area contributed by atoms with E-state index in [1.54, 1.807) is 0 Å². The average Bonchev–Trinajstić information content (AvgIpc) is 3.06. The highest BCUT2D eigenvalue weighted by molar-refractivity contribution is 5.69. The monoisotopic (exact) mass is 680 g/mol. The van der Waals surface area contributed by atoms with Crippen LogP contribution in [0.2, 0.25) is 0 Å². The van der Waals surface area contributed by atoms with Gasteiger partial charge in [0.2, 0.25) is 0 Å². The summed E-state index contributed by atoms with van der Waals surface area (Å²) in [5.41, 5.74) is 0.218. The van der Waals surface area contributed by atoms with Gasteiger partial charge in [0.15, 0.2) is 0 Å². The minimum absolute atomic E-state index is 0.0154. The number of carbonyl (C=O) groups is 2. The maximum absolute atomic E-state index is 12.4. The fourth-order valence-corrected chi connectivity index (χ4v) is 6.56. The van der Waals surface area contributed by atoms with Gasteiger partial charge in [-0.05, 0) is 75.8 Å². The molecule has 286 valence electrons. The number of hydrogen-bond donors (Lipinski definition) is 1. The molecule has 0 aliphatic carbocycles. The molecule has 0 bridgehead atoms. The van der Waals surface area contributed by atoms with Crippen LogP contribution in [0.5, 0.6) is 0 Å². The molecule has 0 amide bonds. The van der Waals surface area contributed by atoms with E-state index >= 15 is 0 Å². The highest BCUT2D eigenvalue weighted by Gasteiger charge is 2.18. The van der Waals surface area contributed by atoms with Gasteiger partial charge < -0.3 is 14.8 Å². The Labute approximate surface area is 300 Å². The summed E-state index contributed by atoms with van der Waals surface area (Å²) in [7, 11) is 0. The molecule has 0 fully saturated rings. The standard InChI is InChI=1S/C43H85NO4/c1-6-9-12-15-16-20-25-32-41(45)47-38-35-43(4,5)34-27-29-37-44-36-28-22-17-21-26-33-42(46)48-39-40(30-23-18-13-10-7-2)31-24-19-14-11-8-3/h40,44H,6-39H2,1-5H3. The molecule has 0 saturated heterocycles. The molecule has 5 heteroatoms. The third-order valence-corrected chi connectivity index (χ3v) is 10.1. The molecule has 0 rings (SSSR count). The molecule has 0 aromatic carbocycles. The number of unbranched alkanes of at least 4 members (excludes halogenated alkanes) is 19. The Balaban J connectivity index is 3.73. The molecule has 48 heavy (non-hydrogen) atoms. The lowest BCUT2D eigenvalue weighted by Gasteiger charge is -2.24. The van der Waals surface area contributed by atoms with Gasteiger partial charge in [-0.25, -0.2) is 0 Å². The molecule has 0 aliphatic heterocycles. The summed E-state index contributed by atoms with van der Waals surface area (Å²) in [6, 6.07) is 0. The second-order valence-electron chi connectivity index (χ2n) is 15.7. The van der Waals surface area contributed by atoms with E-state index in [2.05, 4.69) is 39.9 Å². The molecule has 0 radical (unpaired) electrons. The van der Waals surface area contributed by atoms with Gasteiger partial charge in [-0.3, -0.25) is 9.59 Å². The molecule has 0 aromatic rings. The third-order valence-electron chi connectivity index (χ3n) is 10.1. The first-order valence-corrected chi connectivity index (χ1v) is 21.4. The number of rotatable bonds is 38. The van der Waals surface area contributed by atoms with E-state index in [0.717, 1.165) is 45.2 Å². The van der Waals surface area contributed by atoms with Crippen LogP contribution in [-0.4, -0.2) is 38.2 Å². The smallest absolute Gasteiger partial charge is 0.305 e. The van der Waals surface area contributed by atoms with Crippen LogP contribution < -0.4 is 5.32 Å². The van der Waals surface area contributed by atoms with Gasteiger partial charge in [-0.2, -0.15) is 0 Å². The van der Waals surface area contributed by atoms with Gasteiger partial charge in [-0.15, -0.1) is 0 Å². The van der Waals surface area contributed by atoms with Gasteiger partial charge in [0.25, 0.3) is 0 Å². The minimum Gasteiger partial charge on any atom is -0.466 e. The first-order valence-electron chi connectivity index (χ1n) is 21.4. The summed E-state index contributed by atoms with van der Waals surface area (Å²) in [5.74, 6) is 0.551. The van der Waals surface area contributed by atoms with Gasteiger partial charge in [-0.1, -0.05) is 163 Å². The van der Waals surface area contributed by atoms with E-state index in [0.29, 0.717) is 32.0 Å². The largest absolute Gasteiger partial charge is 0.466 e. The first kappa shape index (κ1) is 46.9. The number of nitrogens with one attached hydrogen (secondary N) is 1. The fourth-order valence-electron chi connectivity index (χ4n) is 6.56. The Kier molecular flexibility index (Phi) is 34.9. The normalized spacial score (nSPS) is 11.8. The van der Waals surface area contributed by atoms with Crippen LogP contribution in [0.3, 0.4) is 0 Å². The van der Waals surface area contributed by atoms with Crippen molar-refractivity contribution in [2.75, 3.05) is 26.3 Å². The molecule has 0 aliphatic rings. The summed E-state index contributed by atoms with van der Waals surface area (Å²) in [6.07, 6.45) is 35.6. The van der Waals surface area contributed by atoms with Gasteiger partial charge >= 0.3 is 11.9 Å². The average molecular weight is 680 g/mol. The van der Waals surface area contributed by atoms with E-state index in [4.69, 9.17) is 9.47 Å². The Morgan fingerprint density at radius 3 is 1.44 bits per heavy atom. The van der Waals surface area contributed by atoms with Crippen LogP contribution in [-0.2, 0) is 19.1 Å². The summed E-state index contributed by atoms with van der Waals surface area (Å²) in [6.45, 7) is 14.7. The minimum atomic E-state index is -0.0167. The topological polar surface area (TPSA) is 64.6 Å². The highest BCUT2D eigenvalue weighted by Crippen LogP contribution is 2.27. The van der Waals surface area contributed by atoms with Gasteiger partial charge in [0.05, 0.1) is 13.2 Å². The van der Waals surface area contributed by atoms with Crippen molar-refractivity contribution in [1.82, 2.24) is 5.32 Å². The van der Waals surface area contributed by atoms with E-state index in [9.17, 15) is 9.59 Å². The van der Waals surface area contributed by atoms with Crippen molar-refractivity contribution in [3.63, 3.8) is 0 Å². The Morgan fingerprint density at radius 2 is 0.917 bits per heavy atom. The van der Waals surface area contributed by atoms with E-state index < -0.39 is 0 Å². The fraction of sp³-hybridized carbons (Fsp3) is 0.953. The van der Waals surface area contributed by atoms with Crippen molar-refractivity contribution in [2.45, 2.75) is 227 Å². The second-order valence-corrected chi connectivity index (χ2v) is 15.7. The molecule has 0 atom stereocenters. The Morgan fingerprint density at radius 1 is 0.500 bits per heavy atom. The lowest BCUT2D eigenvalue weighted by atomic mass is 9.84. The van der Waals surface area contributed by atoms with E-state index in [-0.39, 0.29) is 17.4 Å². The molecule has 0 spiro atoms. The Bertz CT molecular complexity index is 680. The van der Waals surface area contributed by atoms with Crippen molar-refractivity contribution in [3.05, 3.63) is 0 Å². The van der Waals surface area contributed by atoms with Gasteiger partial charge in [0, 0.05) is 12.8 Å². The van der Waals surface area contributed by atoms with Crippen LogP contribution in [0.1, 0.15) is 227 Å². The summed E-state index contributed by atoms with van der Waals surface area (Å²) >= 11 is 0. The van der Waals surface area contributed by atoms with Gasteiger partial charge in [0.1, 0.15) is 0 Å². The van der Waals surface area contributed by atoms with Crippen LogP contribution in [0.4, 0.5) is 0 Å². The molecule has 1 N–H and O–H groups in total. The number of hydrogen-bond acceptors (Lipinski definition) is 5. The quantitative estimate of drug-likeness (QED) is 0.0520. The van der Waals surface area contributed by atoms with Crippen molar-refractivity contribution in [1.29, 1.82) is 0 Å². The maximum Gasteiger partial charge on any atom is 0.305 e.